The average molecular weight is 1910 g/mol. The van der Waals surface area contributed by atoms with E-state index >= 15 is 0 Å². The molecule has 29 aromatic rings. The summed E-state index contributed by atoms with van der Waals surface area (Å²) in [7, 11) is 0. The van der Waals surface area contributed by atoms with Crippen LogP contribution in [0.15, 0.2) is 516 Å². The molecule has 0 unspecified atom stereocenters. The van der Waals surface area contributed by atoms with Crippen LogP contribution in [0.1, 0.15) is 0 Å². The van der Waals surface area contributed by atoms with Gasteiger partial charge in [-0.15, -0.1) is 0 Å². The molecule has 0 atom stereocenters. The van der Waals surface area contributed by atoms with Crippen LogP contribution in [0.2, 0.25) is 0 Å². The van der Waals surface area contributed by atoms with Crippen molar-refractivity contribution in [2.75, 3.05) is 0 Å². The van der Waals surface area contributed by atoms with E-state index in [1.165, 1.54) is 27.1 Å². The molecule has 12 aromatic heterocycles. The van der Waals surface area contributed by atoms with Crippen LogP contribution in [-0.4, -0.2) is 73.0 Å². The van der Waals surface area contributed by atoms with Gasteiger partial charge in [0, 0.05) is 102 Å². The molecule has 0 aliphatic carbocycles. The summed E-state index contributed by atoms with van der Waals surface area (Å²) in [6.07, 6.45) is 6.18. The van der Waals surface area contributed by atoms with Gasteiger partial charge in [-0.2, -0.15) is 0 Å². The molecule has 17 aromatic carbocycles. The Balaban J connectivity index is 0.000000111. The SMILES string of the molecule is c1cc(-c2ccc(-c3nc(-c4ccc5ccccc5c4)cc(-c4ccc5ccccc5c4)n3)cc2)cc(-c2nc3ccccc3c3nc4ccccn4c23)c1.c1ccc(-c2cc(-c3ccccc3)nc(-c3ccc(-c4cccc(-c5nc6ccccc6c6nc7ccccn7c56)c4)cc3)n2)cc1.c1ccc(-c2cccc(-c3cc(-c4ccccc4)nc(-c4cccc(-c5nc6ccccc6c6nc7ccccn7c56)c4)n3)c2)cc1. The number of rotatable bonds is 15. The molecule has 0 saturated carbocycles. The Morgan fingerprint density at radius 2 is 0.376 bits per heavy atom. The van der Waals surface area contributed by atoms with Crippen LogP contribution in [0.4, 0.5) is 0 Å². The molecule has 0 aliphatic rings. The lowest BCUT2D eigenvalue weighted by Gasteiger charge is -2.12. The maximum Gasteiger partial charge on any atom is 0.160 e. The summed E-state index contributed by atoms with van der Waals surface area (Å²) in [5.41, 5.74) is 38.2. The van der Waals surface area contributed by atoms with Gasteiger partial charge in [-0.1, -0.05) is 388 Å². The molecule has 149 heavy (non-hydrogen) atoms. The Morgan fingerprint density at radius 1 is 0.134 bits per heavy atom. The van der Waals surface area contributed by atoms with Crippen LogP contribution < -0.4 is 0 Å². The standard InChI is InChI=1S/C50H31N5.2C42H27N5/c1-3-12-36-28-39(25-21-32(36)10-1)44-31-45(40-26-22-33-11-2-4-13-37(33)29-40)53-50(52-44)35-23-19-34(20-24-35)38-14-9-15-41(30-38)47-49-48(42-16-5-6-17-43(42)51-47)54-46-18-7-8-27-55(46)49;1-3-13-28(14-4-1)30-17-11-18-31(25-30)37-27-36(29-15-5-2-6-16-29)44-42(45-37)33-20-12-19-32(26-33)39-41-40(34-21-7-8-22-35(34)43-39)46-38-23-9-10-24-47(38)41;1-3-12-29(13-4-1)36-27-37(30-14-5-2-6-15-30)45-42(44-36)31-23-21-28(22-24-31)32-16-11-17-33(26-32)39-41-40(34-18-7-8-19-35(34)43-39)46-38-20-9-10-25-47(38)41/h1-31H;2*1-27H. The summed E-state index contributed by atoms with van der Waals surface area (Å²) in [4.78, 5) is 61.3. The number of hydrogen-bond donors (Lipinski definition) is 0. The van der Waals surface area contributed by atoms with Gasteiger partial charge < -0.3 is 0 Å². The minimum Gasteiger partial charge on any atom is -0.298 e. The highest BCUT2D eigenvalue weighted by Crippen LogP contribution is 2.43. The van der Waals surface area contributed by atoms with Crippen molar-refractivity contribution in [3.05, 3.63) is 516 Å². The number of nitrogens with zero attached hydrogens (tertiary/aromatic N) is 15. The molecular weight excluding hydrogens is 1820 g/mol. The van der Waals surface area contributed by atoms with Gasteiger partial charge in [0.2, 0.25) is 0 Å². The summed E-state index contributed by atoms with van der Waals surface area (Å²) in [5, 5.41) is 7.90. The number of pyridine rings is 6. The number of fused-ring (bicyclic) bond motifs is 17. The van der Waals surface area contributed by atoms with Crippen molar-refractivity contribution >= 4 is 104 Å². The van der Waals surface area contributed by atoms with Crippen molar-refractivity contribution in [2.24, 2.45) is 0 Å². The minimum atomic E-state index is 0.656. The summed E-state index contributed by atoms with van der Waals surface area (Å²) in [6.45, 7) is 0. The molecule has 0 fully saturated rings. The van der Waals surface area contributed by atoms with Crippen LogP contribution in [-0.2, 0) is 0 Å². The summed E-state index contributed by atoms with van der Waals surface area (Å²) < 4.78 is 6.41. The molecule has 12 heterocycles. The van der Waals surface area contributed by atoms with Crippen LogP contribution >= 0.6 is 0 Å². The summed E-state index contributed by atoms with van der Waals surface area (Å²) >= 11 is 0. The van der Waals surface area contributed by atoms with E-state index in [-0.39, 0.29) is 0 Å². The second kappa shape index (κ2) is 37.8. The van der Waals surface area contributed by atoms with Gasteiger partial charge in [0.15, 0.2) is 17.5 Å². The maximum absolute atomic E-state index is 5.21. The van der Waals surface area contributed by atoms with Crippen molar-refractivity contribution in [1.82, 2.24) is 73.0 Å². The van der Waals surface area contributed by atoms with Crippen molar-refractivity contribution in [3.63, 3.8) is 0 Å². The highest BCUT2D eigenvalue weighted by molar-refractivity contribution is 6.12. The number of imidazole rings is 3. The van der Waals surface area contributed by atoms with E-state index in [1.54, 1.807) is 0 Å². The second-order valence-electron chi connectivity index (χ2n) is 37.1. The largest absolute Gasteiger partial charge is 0.298 e. The Hall–Kier alpha value is -20.4. The zero-order valence-corrected chi connectivity index (χ0v) is 80.3. The van der Waals surface area contributed by atoms with Crippen molar-refractivity contribution in [3.8, 4) is 169 Å². The molecule has 0 amide bonds. The van der Waals surface area contributed by atoms with Crippen LogP contribution in [0, 0.1) is 0 Å². The van der Waals surface area contributed by atoms with Gasteiger partial charge in [0.05, 0.1) is 84.3 Å². The Kier molecular flexibility index (Phi) is 22.2. The molecule has 696 valence electrons. The lowest BCUT2D eigenvalue weighted by atomic mass is 9.99. The lowest BCUT2D eigenvalue weighted by Crippen LogP contribution is -1.97. The Labute approximate surface area is 856 Å². The first-order valence-electron chi connectivity index (χ1n) is 49.8. The Morgan fingerprint density at radius 3 is 0.738 bits per heavy atom. The Bertz CT molecular complexity index is 10100. The van der Waals surface area contributed by atoms with Crippen LogP contribution in [0.25, 0.3) is 273 Å². The number of para-hydroxylation sites is 3. The van der Waals surface area contributed by atoms with E-state index in [2.05, 4.69) is 378 Å². The highest BCUT2D eigenvalue weighted by atomic mass is 15.0. The number of benzene rings is 17. The molecule has 15 nitrogen and oxygen atoms in total. The van der Waals surface area contributed by atoms with E-state index < -0.39 is 0 Å². The summed E-state index contributed by atoms with van der Waals surface area (Å²) in [5.74, 6) is 2.04. The molecule has 0 radical (unpaired) electrons. The van der Waals surface area contributed by atoms with Gasteiger partial charge in [0.25, 0.3) is 0 Å². The molecular formula is C134H85N15. The fourth-order valence-electron chi connectivity index (χ4n) is 20.4. The van der Waals surface area contributed by atoms with E-state index in [9.17, 15) is 0 Å². The second-order valence-corrected chi connectivity index (χ2v) is 37.1. The van der Waals surface area contributed by atoms with Gasteiger partial charge in [-0.3, -0.25) is 13.2 Å². The normalized spacial score (nSPS) is 11.5. The van der Waals surface area contributed by atoms with Crippen molar-refractivity contribution in [1.29, 1.82) is 0 Å². The van der Waals surface area contributed by atoms with Gasteiger partial charge in [-0.25, -0.2) is 59.8 Å². The quantitative estimate of drug-likeness (QED) is 0.0954. The van der Waals surface area contributed by atoms with Gasteiger partial charge in [0.1, 0.15) is 33.5 Å². The predicted molar refractivity (Wildman–Crippen MR) is 607 cm³/mol. The van der Waals surface area contributed by atoms with E-state index in [0.29, 0.717) is 17.5 Å². The maximum atomic E-state index is 5.21. The van der Waals surface area contributed by atoms with Gasteiger partial charge >= 0.3 is 0 Å². The third-order valence-electron chi connectivity index (χ3n) is 27.8. The van der Waals surface area contributed by atoms with E-state index in [4.69, 9.17) is 59.8 Å². The topological polar surface area (TPSA) is 168 Å². The lowest BCUT2D eigenvalue weighted by molar-refractivity contribution is 1.18. The monoisotopic (exact) mass is 1900 g/mol. The molecule has 0 spiro atoms. The third-order valence-corrected chi connectivity index (χ3v) is 27.8. The third kappa shape index (κ3) is 16.8. The first kappa shape index (κ1) is 87.6. The zero-order valence-electron chi connectivity index (χ0n) is 80.3. The smallest absolute Gasteiger partial charge is 0.160 e. The predicted octanol–water partition coefficient (Wildman–Crippen LogP) is 32.8. The first-order chi connectivity index (χ1) is 73.8. The van der Waals surface area contributed by atoms with E-state index in [0.717, 1.165) is 229 Å². The average Bonchev–Trinajstić information content (AvgIpc) is 1.60. The fraction of sp³-hybridized carbons (Fsp3) is 0. The minimum absolute atomic E-state index is 0.656. The molecule has 0 saturated heterocycles. The molecule has 0 N–H and O–H groups in total. The zero-order chi connectivity index (χ0) is 98.6. The molecule has 0 aliphatic heterocycles. The molecule has 0 bridgehead atoms. The summed E-state index contributed by atoms with van der Waals surface area (Å²) in [6, 6.07) is 172. The van der Waals surface area contributed by atoms with Crippen LogP contribution in [0.5, 0.6) is 0 Å². The molecule has 29 rings (SSSR count). The van der Waals surface area contributed by atoms with Crippen molar-refractivity contribution in [2.45, 2.75) is 0 Å². The van der Waals surface area contributed by atoms with Crippen molar-refractivity contribution < 1.29 is 0 Å². The van der Waals surface area contributed by atoms with E-state index in [1.807, 2.05) is 152 Å². The van der Waals surface area contributed by atoms with Gasteiger partial charge in [-0.05, 0) is 164 Å². The fourth-order valence-corrected chi connectivity index (χ4v) is 20.4. The number of hydrogen-bond acceptors (Lipinski definition) is 12. The van der Waals surface area contributed by atoms with Crippen LogP contribution in [0.3, 0.4) is 0 Å². The first-order valence-corrected chi connectivity index (χ1v) is 49.8. The number of aromatic nitrogens is 15. The molecule has 15 heteroatoms. The highest BCUT2D eigenvalue weighted by Gasteiger charge is 2.25.